The molecule has 0 aliphatic carbocycles. The first-order valence-corrected chi connectivity index (χ1v) is 9.46. The Labute approximate surface area is 147 Å². The number of aromatic nitrogens is 1. The van der Waals surface area contributed by atoms with Gasteiger partial charge < -0.3 is 4.74 Å². The quantitative estimate of drug-likeness (QED) is 0.461. The molecule has 1 unspecified atom stereocenters. The largest absolute Gasteiger partial charge is 0.477 e. The minimum atomic E-state index is 0.436. The number of aryl methyl sites for hydroxylation is 1. The minimum absolute atomic E-state index is 0.436. The molecule has 0 saturated heterocycles. The normalized spacial score (nSPS) is 12.1. The summed E-state index contributed by atoms with van der Waals surface area (Å²) in [6, 6.07) is 15.0. The Balaban J connectivity index is 1.89. The second-order valence-electron chi connectivity index (χ2n) is 6.52. The summed E-state index contributed by atoms with van der Waals surface area (Å²) in [6.45, 7) is 5.19. The Bertz CT molecular complexity index is 550. The van der Waals surface area contributed by atoms with Gasteiger partial charge in [-0.05, 0) is 36.5 Å². The van der Waals surface area contributed by atoms with Crippen LogP contribution in [0.3, 0.4) is 0 Å². The van der Waals surface area contributed by atoms with Crippen LogP contribution in [0.1, 0.15) is 69.4 Å². The minimum Gasteiger partial charge on any atom is -0.477 e. The molecule has 2 nitrogen and oxygen atoms in total. The van der Waals surface area contributed by atoms with E-state index in [1.165, 1.54) is 43.2 Å². The van der Waals surface area contributed by atoms with E-state index in [0.29, 0.717) is 18.4 Å². The topological polar surface area (TPSA) is 22.1 Å². The van der Waals surface area contributed by atoms with Gasteiger partial charge in [0, 0.05) is 18.2 Å². The summed E-state index contributed by atoms with van der Waals surface area (Å²) >= 11 is 0. The third-order valence-electron chi connectivity index (χ3n) is 4.48. The molecule has 0 radical (unpaired) electrons. The Morgan fingerprint density at radius 3 is 2.42 bits per heavy atom. The van der Waals surface area contributed by atoms with E-state index < -0.39 is 0 Å². The van der Waals surface area contributed by atoms with Crippen molar-refractivity contribution in [2.24, 2.45) is 0 Å². The summed E-state index contributed by atoms with van der Waals surface area (Å²) in [5.41, 5.74) is 2.83. The van der Waals surface area contributed by atoms with Gasteiger partial charge in [0.2, 0.25) is 5.88 Å². The van der Waals surface area contributed by atoms with Crippen molar-refractivity contribution in [2.45, 2.75) is 64.7 Å². The van der Waals surface area contributed by atoms with E-state index in [1.807, 2.05) is 18.2 Å². The van der Waals surface area contributed by atoms with Crippen molar-refractivity contribution in [1.82, 2.24) is 4.98 Å². The fourth-order valence-corrected chi connectivity index (χ4v) is 3.03. The number of unbranched alkanes of at least 4 members (excludes halogenated alkanes) is 3. The number of pyridine rings is 1. The zero-order valence-electron chi connectivity index (χ0n) is 15.2. The highest BCUT2D eigenvalue weighted by Crippen LogP contribution is 2.23. The summed E-state index contributed by atoms with van der Waals surface area (Å²) in [5, 5.41) is 0. The van der Waals surface area contributed by atoms with Crippen molar-refractivity contribution in [3.63, 3.8) is 0 Å². The molecule has 0 bridgehead atoms. The number of rotatable bonds is 11. The monoisotopic (exact) mass is 325 g/mol. The van der Waals surface area contributed by atoms with Gasteiger partial charge in [-0.15, -0.1) is 0 Å². The van der Waals surface area contributed by atoms with E-state index in [9.17, 15) is 0 Å². The number of benzene rings is 1. The van der Waals surface area contributed by atoms with Crippen LogP contribution < -0.4 is 4.74 Å². The lowest BCUT2D eigenvalue weighted by Crippen LogP contribution is -2.11. The molecule has 24 heavy (non-hydrogen) atoms. The average molecular weight is 325 g/mol. The van der Waals surface area contributed by atoms with Gasteiger partial charge in [-0.3, -0.25) is 0 Å². The van der Waals surface area contributed by atoms with E-state index in [0.717, 1.165) is 12.8 Å². The molecule has 1 aromatic heterocycles. The highest BCUT2D eigenvalue weighted by Gasteiger charge is 2.12. The molecule has 0 fully saturated rings. The Morgan fingerprint density at radius 1 is 0.917 bits per heavy atom. The number of hydrogen-bond donors (Lipinski definition) is 0. The van der Waals surface area contributed by atoms with Crippen LogP contribution in [0.4, 0.5) is 0 Å². The predicted molar refractivity (Wildman–Crippen MR) is 102 cm³/mol. The summed E-state index contributed by atoms with van der Waals surface area (Å²) in [4.78, 5) is 4.25. The zero-order valence-corrected chi connectivity index (χ0v) is 15.2. The molecule has 1 heterocycles. The first kappa shape index (κ1) is 18.5. The smallest absolute Gasteiger partial charge is 0.213 e. The molecule has 0 spiro atoms. The van der Waals surface area contributed by atoms with Crippen LogP contribution in [0, 0.1) is 0 Å². The third kappa shape index (κ3) is 6.35. The van der Waals surface area contributed by atoms with E-state index in [-0.39, 0.29) is 0 Å². The standard InChI is InChI=1S/C22H31NO/c1-3-5-6-7-11-19-13-15-20(16-14-19)21(10-4-2)18-24-22-12-8-9-17-23-22/h8-9,12-17,21H,3-7,10-11,18H2,1-2H3. The Kier molecular flexibility index (Phi) is 8.37. The molecule has 0 aliphatic heterocycles. The number of nitrogens with zero attached hydrogens (tertiary/aromatic N) is 1. The van der Waals surface area contributed by atoms with Crippen molar-refractivity contribution in [3.05, 3.63) is 59.8 Å². The molecule has 2 aromatic rings. The summed E-state index contributed by atoms with van der Waals surface area (Å²) < 4.78 is 5.89. The molecular formula is C22H31NO. The highest BCUT2D eigenvalue weighted by molar-refractivity contribution is 5.26. The summed E-state index contributed by atoms with van der Waals surface area (Å²) in [6.07, 6.45) is 10.6. The third-order valence-corrected chi connectivity index (χ3v) is 4.48. The van der Waals surface area contributed by atoms with Gasteiger partial charge in [0.05, 0.1) is 6.61 Å². The van der Waals surface area contributed by atoms with Crippen LogP contribution in [0.2, 0.25) is 0 Å². The maximum atomic E-state index is 5.89. The second kappa shape index (κ2) is 10.9. The molecule has 1 aromatic carbocycles. The van der Waals surface area contributed by atoms with Crippen LogP contribution in [0.5, 0.6) is 5.88 Å². The van der Waals surface area contributed by atoms with Crippen molar-refractivity contribution in [3.8, 4) is 5.88 Å². The lowest BCUT2D eigenvalue weighted by atomic mass is 9.93. The first-order valence-electron chi connectivity index (χ1n) is 9.46. The molecular weight excluding hydrogens is 294 g/mol. The van der Waals surface area contributed by atoms with Crippen LogP contribution in [0.25, 0.3) is 0 Å². The summed E-state index contributed by atoms with van der Waals surface area (Å²) in [5.74, 6) is 1.15. The van der Waals surface area contributed by atoms with E-state index in [2.05, 4.69) is 43.1 Å². The van der Waals surface area contributed by atoms with Crippen molar-refractivity contribution >= 4 is 0 Å². The molecule has 0 amide bonds. The second-order valence-corrected chi connectivity index (χ2v) is 6.52. The van der Waals surface area contributed by atoms with E-state index in [1.54, 1.807) is 6.20 Å². The number of ether oxygens (including phenoxy) is 1. The van der Waals surface area contributed by atoms with Gasteiger partial charge in [-0.25, -0.2) is 4.98 Å². The summed E-state index contributed by atoms with van der Waals surface area (Å²) in [7, 11) is 0. The van der Waals surface area contributed by atoms with Crippen LogP contribution in [-0.2, 0) is 6.42 Å². The van der Waals surface area contributed by atoms with Gasteiger partial charge in [0.1, 0.15) is 0 Å². The van der Waals surface area contributed by atoms with Gasteiger partial charge in [-0.2, -0.15) is 0 Å². The number of hydrogen-bond acceptors (Lipinski definition) is 2. The van der Waals surface area contributed by atoms with Crippen LogP contribution >= 0.6 is 0 Å². The molecule has 0 aliphatic rings. The van der Waals surface area contributed by atoms with Gasteiger partial charge in [0.15, 0.2) is 0 Å². The van der Waals surface area contributed by atoms with Crippen molar-refractivity contribution < 1.29 is 4.74 Å². The molecule has 2 rings (SSSR count). The fourth-order valence-electron chi connectivity index (χ4n) is 3.03. The molecule has 130 valence electrons. The van der Waals surface area contributed by atoms with Crippen molar-refractivity contribution in [1.29, 1.82) is 0 Å². The Morgan fingerprint density at radius 2 is 1.75 bits per heavy atom. The molecule has 0 N–H and O–H groups in total. The van der Waals surface area contributed by atoms with E-state index in [4.69, 9.17) is 4.74 Å². The average Bonchev–Trinajstić information content (AvgIpc) is 2.64. The van der Waals surface area contributed by atoms with Gasteiger partial charge in [-0.1, -0.05) is 69.9 Å². The fraction of sp³-hybridized carbons (Fsp3) is 0.500. The SMILES string of the molecule is CCCCCCc1ccc(C(CCC)COc2ccccn2)cc1. The van der Waals surface area contributed by atoms with Crippen molar-refractivity contribution in [2.75, 3.05) is 6.61 Å². The van der Waals surface area contributed by atoms with Gasteiger partial charge >= 0.3 is 0 Å². The van der Waals surface area contributed by atoms with Crippen LogP contribution in [0.15, 0.2) is 48.7 Å². The maximum Gasteiger partial charge on any atom is 0.213 e. The lowest BCUT2D eigenvalue weighted by Gasteiger charge is -2.17. The zero-order chi connectivity index (χ0) is 17.0. The molecule has 2 heteroatoms. The highest BCUT2D eigenvalue weighted by atomic mass is 16.5. The lowest BCUT2D eigenvalue weighted by molar-refractivity contribution is 0.271. The molecule has 1 atom stereocenters. The first-order chi connectivity index (χ1) is 11.8. The molecule has 0 saturated carbocycles. The van der Waals surface area contributed by atoms with Crippen LogP contribution in [-0.4, -0.2) is 11.6 Å². The Hall–Kier alpha value is -1.83. The van der Waals surface area contributed by atoms with E-state index >= 15 is 0 Å². The van der Waals surface area contributed by atoms with Gasteiger partial charge in [0.25, 0.3) is 0 Å². The maximum absolute atomic E-state index is 5.89. The predicted octanol–water partition coefficient (Wildman–Crippen LogP) is 6.17.